The number of allylic oxidation sites excluding steroid dienone is 1. The summed E-state index contributed by atoms with van der Waals surface area (Å²) in [6.45, 7) is 2.14. The van der Waals surface area contributed by atoms with Gasteiger partial charge in [0.1, 0.15) is 0 Å². The Morgan fingerprint density at radius 3 is 2.62 bits per heavy atom. The average molecular weight is 335 g/mol. The Kier molecular flexibility index (Phi) is 2.97. The summed E-state index contributed by atoms with van der Waals surface area (Å²) >= 11 is 3.77. The van der Waals surface area contributed by atoms with Gasteiger partial charge in [0, 0.05) is 10.4 Å². The van der Waals surface area contributed by atoms with E-state index in [0.29, 0.717) is 5.92 Å². The highest BCUT2D eigenvalue weighted by molar-refractivity contribution is 9.10. The number of hydrogen-bond donors (Lipinski definition) is 0. The molecule has 0 N–H and O–H groups in total. The zero-order valence-corrected chi connectivity index (χ0v) is 13.4. The second kappa shape index (κ2) is 4.85. The van der Waals surface area contributed by atoms with Crippen molar-refractivity contribution >= 4 is 32.8 Å². The molecule has 102 valence electrons. The number of halogens is 1. The molecule has 0 bridgehead atoms. The molecule has 3 aromatic rings. The van der Waals surface area contributed by atoms with E-state index in [1.165, 1.54) is 37.5 Å². The normalized spacial score (nSPS) is 16.4. The number of rotatable bonds is 1. The highest BCUT2D eigenvalue weighted by Gasteiger charge is 2.20. The molecule has 0 saturated heterocycles. The molecule has 3 aromatic carbocycles. The fourth-order valence-corrected chi connectivity index (χ4v) is 3.77. The SMILES string of the molecule is Cc1ccc2cc(C3C=Cc4ccccc43)c(Br)cc2c1. The van der Waals surface area contributed by atoms with Crippen LogP contribution in [0.3, 0.4) is 0 Å². The molecule has 0 spiro atoms. The van der Waals surface area contributed by atoms with Crippen LogP contribution in [0.4, 0.5) is 0 Å². The minimum absolute atomic E-state index is 0.348. The minimum Gasteiger partial charge on any atom is -0.0720 e. The molecule has 4 rings (SSSR count). The third kappa shape index (κ3) is 2.13. The second-order valence-electron chi connectivity index (χ2n) is 5.69. The third-order valence-corrected chi connectivity index (χ3v) is 4.93. The summed E-state index contributed by atoms with van der Waals surface area (Å²) in [6, 6.07) is 19.8. The van der Waals surface area contributed by atoms with Crippen LogP contribution in [-0.4, -0.2) is 0 Å². The molecule has 21 heavy (non-hydrogen) atoms. The Labute approximate surface area is 133 Å². The predicted molar refractivity (Wildman–Crippen MR) is 93.7 cm³/mol. The lowest BCUT2D eigenvalue weighted by Gasteiger charge is -2.15. The second-order valence-corrected chi connectivity index (χ2v) is 6.54. The molecule has 0 radical (unpaired) electrons. The smallest absolute Gasteiger partial charge is 0.0290 e. The van der Waals surface area contributed by atoms with Gasteiger partial charge in [-0.25, -0.2) is 0 Å². The fraction of sp³-hybridized carbons (Fsp3) is 0.100. The predicted octanol–water partition coefficient (Wildman–Crippen LogP) is 6.07. The van der Waals surface area contributed by atoms with Crippen molar-refractivity contribution in [2.75, 3.05) is 0 Å². The summed E-state index contributed by atoms with van der Waals surface area (Å²) in [4.78, 5) is 0. The summed E-state index contributed by atoms with van der Waals surface area (Å²) in [5.74, 6) is 0.348. The Hall–Kier alpha value is -1.86. The Morgan fingerprint density at radius 1 is 0.857 bits per heavy atom. The van der Waals surface area contributed by atoms with Gasteiger partial charge in [-0.05, 0) is 46.5 Å². The molecule has 0 fully saturated rings. The van der Waals surface area contributed by atoms with Crippen molar-refractivity contribution < 1.29 is 0 Å². The van der Waals surface area contributed by atoms with Gasteiger partial charge >= 0.3 is 0 Å². The lowest BCUT2D eigenvalue weighted by molar-refractivity contribution is 1.04. The van der Waals surface area contributed by atoms with Crippen molar-refractivity contribution in [1.29, 1.82) is 0 Å². The molecular weight excluding hydrogens is 320 g/mol. The molecule has 0 nitrogen and oxygen atoms in total. The summed E-state index contributed by atoms with van der Waals surface area (Å²) in [5.41, 5.74) is 5.36. The first-order valence-corrected chi connectivity index (χ1v) is 7.98. The molecule has 1 atom stereocenters. The van der Waals surface area contributed by atoms with Crippen LogP contribution in [0.15, 0.2) is 65.1 Å². The van der Waals surface area contributed by atoms with E-state index >= 15 is 0 Å². The Bertz CT molecular complexity index is 874. The average Bonchev–Trinajstić information content (AvgIpc) is 2.90. The van der Waals surface area contributed by atoms with Crippen molar-refractivity contribution in [1.82, 2.24) is 0 Å². The van der Waals surface area contributed by atoms with E-state index in [9.17, 15) is 0 Å². The van der Waals surface area contributed by atoms with Crippen LogP contribution in [0.1, 0.15) is 28.2 Å². The van der Waals surface area contributed by atoms with E-state index in [1.54, 1.807) is 0 Å². The fourth-order valence-electron chi connectivity index (χ4n) is 3.17. The van der Waals surface area contributed by atoms with Crippen LogP contribution in [0.2, 0.25) is 0 Å². The number of aryl methyl sites for hydroxylation is 1. The van der Waals surface area contributed by atoms with Crippen LogP contribution in [0, 0.1) is 6.92 Å². The lowest BCUT2D eigenvalue weighted by atomic mass is 9.91. The van der Waals surface area contributed by atoms with Crippen molar-refractivity contribution in [3.05, 3.63) is 87.4 Å². The first kappa shape index (κ1) is 12.8. The lowest BCUT2D eigenvalue weighted by Crippen LogP contribution is -1.97. The van der Waals surface area contributed by atoms with Gasteiger partial charge in [0.15, 0.2) is 0 Å². The van der Waals surface area contributed by atoms with Crippen LogP contribution in [0.25, 0.3) is 16.8 Å². The van der Waals surface area contributed by atoms with Gasteiger partial charge in [0.05, 0.1) is 0 Å². The maximum absolute atomic E-state index is 3.77. The first-order chi connectivity index (χ1) is 10.2. The standard InChI is InChI=1S/C20H15Br/c1-13-6-7-15-11-19(20(21)12-16(15)10-13)18-9-8-14-4-2-3-5-17(14)18/h2-12,18H,1H3. The Balaban J connectivity index is 1.90. The van der Waals surface area contributed by atoms with Crippen molar-refractivity contribution in [3.8, 4) is 0 Å². The quantitative estimate of drug-likeness (QED) is 0.506. The molecule has 1 aliphatic carbocycles. The molecule has 0 heterocycles. The van der Waals surface area contributed by atoms with Crippen molar-refractivity contribution in [3.63, 3.8) is 0 Å². The molecule has 1 unspecified atom stereocenters. The van der Waals surface area contributed by atoms with E-state index in [0.717, 1.165) is 0 Å². The monoisotopic (exact) mass is 334 g/mol. The summed E-state index contributed by atoms with van der Waals surface area (Å²) in [6.07, 6.45) is 4.52. The minimum atomic E-state index is 0.348. The van der Waals surface area contributed by atoms with Gasteiger partial charge in [0.2, 0.25) is 0 Å². The maximum Gasteiger partial charge on any atom is 0.0290 e. The van der Waals surface area contributed by atoms with Gasteiger partial charge in [-0.2, -0.15) is 0 Å². The van der Waals surface area contributed by atoms with Gasteiger partial charge in [0.25, 0.3) is 0 Å². The molecule has 0 amide bonds. The molecular formula is C20H15Br. The topological polar surface area (TPSA) is 0 Å². The maximum atomic E-state index is 3.77. The molecule has 0 aromatic heterocycles. The summed E-state index contributed by atoms with van der Waals surface area (Å²) in [7, 11) is 0. The summed E-state index contributed by atoms with van der Waals surface area (Å²) < 4.78 is 1.19. The van der Waals surface area contributed by atoms with Crippen molar-refractivity contribution in [2.45, 2.75) is 12.8 Å². The van der Waals surface area contributed by atoms with E-state index in [4.69, 9.17) is 0 Å². The van der Waals surface area contributed by atoms with Crippen LogP contribution in [0.5, 0.6) is 0 Å². The van der Waals surface area contributed by atoms with Crippen LogP contribution < -0.4 is 0 Å². The number of fused-ring (bicyclic) bond motifs is 2. The third-order valence-electron chi connectivity index (χ3n) is 4.25. The zero-order chi connectivity index (χ0) is 14.4. The summed E-state index contributed by atoms with van der Waals surface area (Å²) in [5, 5.41) is 2.59. The number of benzene rings is 3. The largest absolute Gasteiger partial charge is 0.0720 e. The highest BCUT2D eigenvalue weighted by atomic mass is 79.9. The molecule has 1 heteroatoms. The first-order valence-electron chi connectivity index (χ1n) is 7.19. The van der Waals surface area contributed by atoms with Crippen LogP contribution >= 0.6 is 15.9 Å². The van der Waals surface area contributed by atoms with Crippen LogP contribution in [-0.2, 0) is 0 Å². The van der Waals surface area contributed by atoms with Gasteiger partial charge < -0.3 is 0 Å². The van der Waals surface area contributed by atoms with E-state index in [2.05, 4.69) is 89.6 Å². The van der Waals surface area contributed by atoms with E-state index in [-0.39, 0.29) is 0 Å². The molecule has 0 saturated carbocycles. The number of hydrogen-bond acceptors (Lipinski definition) is 0. The molecule has 0 aliphatic heterocycles. The van der Waals surface area contributed by atoms with Gasteiger partial charge in [-0.15, -0.1) is 0 Å². The van der Waals surface area contributed by atoms with Crippen molar-refractivity contribution in [2.24, 2.45) is 0 Å². The van der Waals surface area contributed by atoms with E-state index < -0.39 is 0 Å². The van der Waals surface area contributed by atoms with Gasteiger partial charge in [-0.3, -0.25) is 0 Å². The molecule has 1 aliphatic rings. The zero-order valence-electron chi connectivity index (χ0n) is 11.8. The Morgan fingerprint density at radius 2 is 1.71 bits per heavy atom. The highest BCUT2D eigenvalue weighted by Crippen LogP contribution is 2.39. The van der Waals surface area contributed by atoms with Gasteiger partial charge in [-0.1, -0.05) is 76.1 Å². The van der Waals surface area contributed by atoms with E-state index in [1.807, 2.05) is 0 Å².